The first-order chi connectivity index (χ1) is 26.8. The highest BCUT2D eigenvalue weighted by atomic mass is 32.1. The van der Waals surface area contributed by atoms with Gasteiger partial charge in [0.05, 0.1) is 11.0 Å². The summed E-state index contributed by atoms with van der Waals surface area (Å²) < 4.78 is 2.42. The molecule has 0 radical (unpaired) electrons. The first-order valence-electron chi connectivity index (χ1n) is 18.0. The third kappa shape index (κ3) is 5.77. The van der Waals surface area contributed by atoms with Gasteiger partial charge in [-0.1, -0.05) is 152 Å². The Morgan fingerprint density at radius 3 is 1.41 bits per heavy atom. The molecule has 54 heavy (non-hydrogen) atoms. The van der Waals surface area contributed by atoms with Gasteiger partial charge in [-0.15, -0.1) is 0 Å². The quantitative estimate of drug-likeness (QED) is 0.166. The minimum atomic E-state index is 0.652. The van der Waals surface area contributed by atoms with Crippen molar-refractivity contribution in [1.82, 2.24) is 19.5 Å². The van der Waals surface area contributed by atoms with Crippen molar-refractivity contribution in [2.24, 2.45) is 0 Å². The molecule has 0 saturated carbocycles. The molecule has 0 N–H and O–H groups in total. The number of aromatic nitrogens is 4. The van der Waals surface area contributed by atoms with E-state index in [1.54, 1.807) is 11.3 Å². The van der Waals surface area contributed by atoms with E-state index >= 15 is 0 Å². The van der Waals surface area contributed by atoms with Gasteiger partial charge < -0.3 is 4.57 Å². The second-order valence-corrected chi connectivity index (χ2v) is 14.1. The Hall–Kier alpha value is -6.95. The minimum absolute atomic E-state index is 0.652. The van der Waals surface area contributed by atoms with Gasteiger partial charge in [0.15, 0.2) is 17.5 Å². The van der Waals surface area contributed by atoms with Crippen molar-refractivity contribution < 1.29 is 0 Å². The SMILES string of the molecule is c1ccc(-c2cc(-c3ccccc3)cc(-n3c4ccccc4c4ccc(-c5cscc5-c5nc(-c6ccccc6)nc(-c6ccccc6)n5)cc43)c2)cc1. The summed E-state index contributed by atoms with van der Waals surface area (Å²) in [4.78, 5) is 15.1. The average Bonchev–Trinajstić information content (AvgIpc) is 3.88. The Morgan fingerprint density at radius 2 is 0.815 bits per heavy atom. The highest BCUT2D eigenvalue weighted by molar-refractivity contribution is 7.08. The van der Waals surface area contributed by atoms with Crippen LogP contribution in [0.15, 0.2) is 193 Å². The predicted molar refractivity (Wildman–Crippen MR) is 225 cm³/mol. The third-order valence-corrected chi connectivity index (χ3v) is 10.7. The van der Waals surface area contributed by atoms with Crippen LogP contribution in [0.4, 0.5) is 0 Å². The monoisotopic (exact) mass is 708 g/mol. The fraction of sp³-hybridized carbons (Fsp3) is 0. The lowest BCUT2D eigenvalue weighted by atomic mass is 9.98. The maximum Gasteiger partial charge on any atom is 0.165 e. The van der Waals surface area contributed by atoms with Crippen molar-refractivity contribution >= 4 is 33.1 Å². The largest absolute Gasteiger partial charge is 0.309 e. The van der Waals surface area contributed by atoms with Crippen LogP contribution < -0.4 is 0 Å². The third-order valence-electron chi connectivity index (χ3n) is 9.98. The molecule has 3 heterocycles. The molecule has 0 unspecified atom stereocenters. The molecule has 7 aromatic carbocycles. The van der Waals surface area contributed by atoms with E-state index in [0.717, 1.165) is 44.5 Å². The lowest BCUT2D eigenvalue weighted by Crippen LogP contribution is -2.00. The molecule has 0 spiro atoms. The van der Waals surface area contributed by atoms with E-state index in [-0.39, 0.29) is 0 Å². The highest BCUT2D eigenvalue weighted by Gasteiger charge is 2.19. The maximum absolute atomic E-state index is 5.08. The second kappa shape index (κ2) is 13.6. The molecule has 0 amide bonds. The highest BCUT2D eigenvalue weighted by Crippen LogP contribution is 2.40. The van der Waals surface area contributed by atoms with E-state index in [4.69, 9.17) is 15.0 Å². The fourth-order valence-electron chi connectivity index (χ4n) is 7.37. The molecule has 5 heteroatoms. The van der Waals surface area contributed by atoms with Crippen LogP contribution >= 0.6 is 11.3 Å². The van der Waals surface area contributed by atoms with Crippen LogP contribution in [0, 0.1) is 0 Å². The van der Waals surface area contributed by atoms with E-state index < -0.39 is 0 Å². The van der Waals surface area contributed by atoms with Crippen LogP contribution in [0.3, 0.4) is 0 Å². The van der Waals surface area contributed by atoms with E-state index in [9.17, 15) is 0 Å². The molecule has 0 atom stereocenters. The van der Waals surface area contributed by atoms with Gasteiger partial charge in [0, 0.05) is 44.1 Å². The van der Waals surface area contributed by atoms with Crippen molar-refractivity contribution in [2.45, 2.75) is 0 Å². The minimum Gasteiger partial charge on any atom is -0.309 e. The summed E-state index contributed by atoms with van der Waals surface area (Å²) in [5.41, 5.74) is 13.2. The van der Waals surface area contributed by atoms with Crippen molar-refractivity contribution in [2.75, 3.05) is 0 Å². The van der Waals surface area contributed by atoms with Gasteiger partial charge in [-0.05, 0) is 63.5 Å². The number of hydrogen-bond donors (Lipinski definition) is 0. The summed E-state index contributed by atoms with van der Waals surface area (Å²) in [5, 5.41) is 6.79. The maximum atomic E-state index is 5.08. The zero-order valence-corrected chi connectivity index (χ0v) is 30.0. The number of hydrogen-bond acceptors (Lipinski definition) is 4. The van der Waals surface area contributed by atoms with Crippen LogP contribution in [0.5, 0.6) is 0 Å². The number of para-hydroxylation sites is 1. The molecule has 0 fully saturated rings. The van der Waals surface area contributed by atoms with Crippen molar-refractivity contribution in [1.29, 1.82) is 0 Å². The molecule has 0 saturated heterocycles. The summed E-state index contributed by atoms with van der Waals surface area (Å²) in [6, 6.07) is 64.0. The lowest BCUT2D eigenvalue weighted by molar-refractivity contribution is 1.08. The number of fused-ring (bicyclic) bond motifs is 3. The van der Waals surface area contributed by atoms with Crippen LogP contribution in [0.1, 0.15) is 0 Å². The smallest absolute Gasteiger partial charge is 0.165 e. The van der Waals surface area contributed by atoms with E-state index in [0.29, 0.717) is 17.5 Å². The Labute approximate surface area is 317 Å². The molecule has 4 nitrogen and oxygen atoms in total. The summed E-state index contributed by atoms with van der Waals surface area (Å²) in [6.45, 7) is 0. The van der Waals surface area contributed by atoms with Crippen LogP contribution in [0.2, 0.25) is 0 Å². The summed E-state index contributed by atoms with van der Waals surface area (Å²) in [7, 11) is 0. The van der Waals surface area contributed by atoms with Crippen molar-refractivity contribution in [3.8, 4) is 73.2 Å². The van der Waals surface area contributed by atoms with Gasteiger partial charge in [0.2, 0.25) is 0 Å². The Bertz CT molecular complexity index is 2800. The zero-order chi connectivity index (χ0) is 35.8. The van der Waals surface area contributed by atoms with Gasteiger partial charge in [-0.2, -0.15) is 11.3 Å². The molecule has 10 aromatic rings. The van der Waals surface area contributed by atoms with E-state index in [2.05, 4.69) is 137 Å². The van der Waals surface area contributed by atoms with Gasteiger partial charge in [0.1, 0.15) is 0 Å². The number of nitrogens with zero attached hydrogens (tertiary/aromatic N) is 4. The van der Waals surface area contributed by atoms with Crippen molar-refractivity contribution in [3.63, 3.8) is 0 Å². The van der Waals surface area contributed by atoms with E-state index in [1.165, 1.54) is 33.0 Å². The second-order valence-electron chi connectivity index (χ2n) is 13.3. The molecule has 0 aliphatic heterocycles. The summed E-state index contributed by atoms with van der Waals surface area (Å²) >= 11 is 1.66. The van der Waals surface area contributed by atoms with Crippen molar-refractivity contribution in [3.05, 3.63) is 193 Å². The summed E-state index contributed by atoms with van der Waals surface area (Å²) in [5.74, 6) is 1.96. The van der Waals surface area contributed by atoms with Gasteiger partial charge in [0.25, 0.3) is 0 Å². The molecule has 10 rings (SSSR count). The molecule has 254 valence electrons. The Kier molecular flexibility index (Phi) is 7.97. The first kappa shape index (κ1) is 31.8. The van der Waals surface area contributed by atoms with Gasteiger partial charge in [-0.3, -0.25) is 0 Å². The van der Waals surface area contributed by atoms with Gasteiger partial charge in [-0.25, -0.2) is 15.0 Å². The van der Waals surface area contributed by atoms with Crippen LogP contribution in [-0.2, 0) is 0 Å². The average molecular weight is 709 g/mol. The molecular weight excluding hydrogens is 677 g/mol. The molecule has 0 aliphatic rings. The van der Waals surface area contributed by atoms with Crippen LogP contribution in [0.25, 0.3) is 95.0 Å². The normalized spacial score (nSPS) is 11.3. The van der Waals surface area contributed by atoms with Crippen LogP contribution in [-0.4, -0.2) is 19.5 Å². The predicted octanol–water partition coefficient (Wildman–Crippen LogP) is 13.0. The molecule has 0 bridgehead atoms. The first-order valence-corrected chi connectivity index (χ1v) is 18.9. The standard InChI is InChI=1S/C49H32N4S/c1-5-15-33(16-6-1)38-27-39(34-17-7-2-8-18-34)29-40(28-38)53-45-24-14-13-23-41(45)42-26-25-37(30-46(42)53)43-31-54-32-44(43)49-51-47(35-19-9-3-10-20-35)50-48(52-49)36-21-11-4-12-22-36/h1-32H. The number of benzene rings is 7. The topological polar surface area (TPSA) is 43.6 Å². The zero-order valence-electron chi connectivity index (χ0n) is 29.2. The molecule has 3 aromatic heterocycles. The molecule has 0 aliphatic carbocycles. The summed E-state index contributed by atoms with van der Waals surface area (Å²) in [6.07, 6.45) is 0. The van der Waals surface area contributed by atoms with Gasteiger partial charge >= 0.3 is 0 Å². The number of rotatable bonds is 7. The Morgan fingerprint density at radius 1 is 0.333 bits per heavy atom. The lowest BCUT2D eigenvalue weighted by Gasteiger charge is -2.14. The Balaban J connectivity index is 1.17. The molecular formula is C49H32N4S. The fourth-order valence-corrected chi connectivity index (χ4v) is 8.21. The number of thiophene rings is 1. The van der Waals surface area contributed by atoms with E-state index in [1.807, 2.05) is 60.7 Å².